The minimum atomic E-state index is -2.16. The van der Waals surface area contributed by atoms with Gasteiger partial charge in [-0.3, -0.25) is 24.3 Å². The summed E-state index contributed by atoms with van der Waals surface area (Å²) in [6.07, 6.45) is 6.11. The molecule has 2 saturated carbocycles. The Morgan fingerprint density at radius 1 is 0.957 bits per heavy atom. The van der Waals surface area contributed by atoms with Gasteiger partial charge >= 0.3 is 0 Å². The van der Waals surface area contributed by atoms with Gasteiger partial charge in [0.2, 0.25) is 5.91 Å². The highest BCUT2D eigenvalue weighted by Crippen LogP contribution is 2.59. The van der Waals surface area contributed by atoms with Gasteiger partial charge in [0, 0.05) is 42.6 Å². The number of carbonyl (C=O) groups is 2. The highest BCUT2D eigenvalue weighted by molar-refractivity contribution is 5.86. The first-order chi connectivity index (χ1) is 22.0. The number of hydrazine groups is 1. The maximum atomic E-state index is 14.1. The van der Waals surface area contributed by atoms with E-state index < -0.39 is 28.8 Å². The number of nitrogens with zero attached hydrogens (tertiary/aromatic N) is 7. The lowest BCUT2D eigenvalue weighted by Gasteiger charge is -2.52. The molecule has 0 unspecified atom stereocenters. The molecule has 2 aliphatic rings. The average Bonchev–Trinajstić information content (AvgIpc) is 4.00. The van der Waals surface area contributed by atoms with Gasteiger partial charge in [0.1, 0.15) is 5.54 Å². The molecule has 6 rings (SSSR count). The summed E-state index contributed by atoms with van der Waals surface area (Å²) in [7, 11) is 1.84. The molecule has 0 aliphatic heterocycles. The summed E-state index contributed by atoms with van der Waals surface area (Å²) in [4.78, 5) is 32.2. The Morgan fingerprint density at radius 2 is 1.61 bits per heavy atom. The molecule has 1 aromatic carbocycles. The smallest absolute Gasteiger partial charge is 0.257 e. The lowest BCUT2D eigenvalue weighted by atomic mass is 9.97. The summed E-state index contributed by atoms with van der Waals surface area (Å²) in [5, 5.41) is 36.9. The van der Waals surface area contributed by atoms with Gasteiger partial charge in [0.25, 0.3) is 5.91 Å². The van der Waals surface area contributed by atoms with Crippen LogP contribution in [0.1, 0.15) is 62.9 Å². The first-order valence-electron chi connectivity index (χ1n) is 15.4. The molecule has 2 aliphatic carbocycles. The van der Waals surface area contributed by atoms with Crippen LogP contribution in [0.2, 0.25) is 0 Å². The van der Waals surface area contributed by atoms with Crippen molar-refractivity contribution in [2.75, 3.05) is 0 Å². The van der Waals surface area contributed by atoms with Crippen molar-refractivity contribution in [1.29, 1.82) is 0 Å². The molecule has 3 aromatic heterocycles. The number of primary amides is 1. The number of aliphatic hydroxyl groups excluding tert-OH is 2. The molecule has 3 heterocycles. The number of amides is 2. The highest BCUT2D eigenvalue weighted by Gasteiger charge is 2.68. The number of pyridine rings is 1. The van der Waals surface area contributed by atoms with E-state index in [9.17, 15) is 19.8 Å². The molecule has 2 fully saturated rings. The third-order valence-corrected chi connectivity index (χ3v) is 9.23. The quantitative estimate of drug-likeness (QED) is 0.134. The van der Waals surface area contributed by atoms with E-state index in [1.54, 1.807) is 24.0 Å². The van der Waals surface area contributed by atoms with Gasteiger partial charge in [0.15, 0.2) is 5.66 Å². The molecule has 13 nitrogen and oxygen atoms in total. The minimum absolute atomic E-state index is 0.0583. The normalized spacial score (nSPS) is 18.1. The first kappa shape index (κ1) is 31.4. The Balaban J connectivity index is 1.44. The third kappa shape index (κ3) is 5.14. The number of aliphatic hydroxyl groups is 2. The number of hydrogen-bond acceptors (Lipinski definition) is 10. The fourth-order valence-corrected chi connectivity index (χ4v) is 6.20. The molecule has 2 amide bonds. The van der Waals surface area contributed by atoms with Gasteiger partial charge in [-0.05, 0) is 56.4 Å². The van der Waals surface area contributed by atoms with Gasteiger partial charge in [-0.1, -0.05) is 37.3 Å². The predicted octanol–water partition coefficient (Wildman–Crippen LogP) is 2.09. The third-order valence-electron chi connectivity index (χ3n) is 9.23. The minimum Gasteiger partial charge on any atom is -0.392 e. The van der Waals surface area contributed by atoms with Crippen molar-refractivity contribution < 1.29 is 19.8 Å². The molecule has 0 bridgehead atoms. The Bertz CT molecular complexity index is 1730. The van der Waals surface area contributed by atoms with Crippen LogP contribution in [-0.4, -0.2) is 68.8 Å². The van der Waals surface area contributed by atoms with Crippen molar-refractivity contribution >= 4 is 11.8 Å². The van der Waals surface area contributed by atoms with Crippen molar-refractivity contribution in [2.45, 2.75) is 75.4 Å². The van der Waals surface area contributed by atoms with Gasteiger partial charge < -0.3 is 21.7 Å². The van der Waals surface area contributed by atoms with E-state index in [0.29, 0.717) is 42.8 Å². The summed E-state index contributed by atoms with van der Waals surface area (Å²) < 4.78 is 1.71. The van der Waals surface area contributed by atoms with Crippen LogP contribution in [0, 0.1) is 0 Å². The lowest BCUT2D eigenvalue weighted by Crippen LogP contribution is -2.77. The summed E-state index contributed by atoms with van der Waals surface area (Å²) >= 11 is 0. The predicted molar refractivity (Wildman–Crippen MR) is 168 cm³/mol. The molecule has 240 valence electrons. The van der Waals surface area contributed by atoms with Crippen LogP contribution in [0.4, 0.5) is 0 Å². The van der Waals surface area contributed by atoms with Crippen LogP contribution in [0.15, 0.2) is 67.1 Å². The standard InChI is InChI=1S/C33H39N9O4/c1-4-29(45)41(31(13-14-31)28-12-10-26(38-39-28)23-7-5-22(20-43)6-8-23)42(33(35,21(2)44)30(34)46)32(15-16-32)27-11-9-24(17-36-27)25-18-37-40(3)19-25/h5-12,17-19,21,43-44H,4,13-16,20,35H2,1-3H3,(H2,34,46)/t21-,33+/m1/s1. The summed E-state index contributed by atoms with van der Waals surface area (Å²) in [6, 6.07) is 14.8. The number of carbonyl (C=O) groups excluding carboxylic acids is 2. The van der Waals surface area contributed by atoms with Gasteiger partial charge in [-0.2, -0.15) is 20.3 Å². The van der Waals surface area contributed by atoms with Crippen LogP contribution in [0.25, 0.3) is 22.4 Å². The van der Waals surface area contributed by atoms with Crippen molar-refractivity contribution in [1.82, 2.24) is 35.0 Å². The second-order valence-electron chi connectivity index (χ2n) is 12.3. The molecule has 13 heteroatoms. The summed E-state index contributed by atoms with van der Waals surface area (Å²) in [5.41, 5.74) is 13.8. The van der Waals surface area contributed by atoms with Gasteiger partial charge in [-0.25, -0.2) is 0 Å². The number of aromatic nitrogens is 5. The monoisotopic (exact) mass is 625 g/mol. The van der Waals surface area contributed by atoms with Crippen molar-refractivity contribution in [3.05, 3.63) is 84.1 Å². The molecule has 46 heavy (non-hydrogen) atoms. The Kier molecular flexibility index (Phi) is 7.97. The van der Waals surface area contributed by atoms with E-state index in [0.717, 1.165) is 22.3 Å². The maximum absolute atomic E-state index is 14.1. The number of aryl methyl sites for hydroxylation is 1. The Labute approximate surface area is 266 Å². The van der Waals surface area contributed by atoms with E-state index in [-0.39, 0.29) is 18.9 Å². The molecule has 0 saturated heterocycles. The van der Waals surface area contributed by atoms with Crippen molar-refractivity contribution in [3.63, 3.8) is 0 Å². The van der Waals surface area contributed by atoms with Crippen LogP contribution in [0.5, 0.6) is 0 Å². The Morgan fingerprint density at radius 3 is 2.07 bits per heavy atom. The number of nitrogens with two attached hydrogens (primary N) is 2. The highest BCUT2D eigenvalue weighted by atomic mass is 16.3. The van der Waals surface area contributed by atoms with E-state index in [1.165, 1.54) is 16.9 Å². The molecule has 2 atom stereocenters. The van der Waals surface area contributed by atoms with Crippen LogP contribution in [0.3, 0.4) is 0 Å². The molecule has 0 spiro atoms. The second-order valence-corrected chi connectivity index (χ2v) is 12.3. The largest absolute Gasteiger partial charge is 0.392 e. The zero-order chi connectivity index (χ0) is 32.9. The number of benzene rings is 1. The van der Waals surface area contributed by atoms with Crippen molar-refractivity contribution in [3.8, 4) is 22.4 Å². The first-order valence-corrected chi connectivity index (χ1v) is 15.4. The fourth-order valence-electron chi connectivity index (χ4n) is 6.20. The van der Waals surface area contributed by atoms with Crippen LogP contribution in [-0.2, 0) is 34.3 Å². The van der Waals surface area contributed by atoms with E-state index in [1.807, 2.05) is 61.8 Å². The second kappa shape index (κ2) is 11.7. The zero-order valence-corrected chi connectivity index (χ0v) is 26.2. The summed E-state index contributed by atoms with van der Waals surface area (Å²) in [6.45, 7) is 3.08. The van der Waals surface area contributed by atoms with E-state index in [2.05, 4.69) is 15.3 Å². The van der Waals surface area contributed by atoms with E-state index >= 15 is 0 Å². The number of hydrogen-bond donors (Lipinski definition) is 4. The zero-order valence-electron chi connectivity index (χ0n) is 26.2. The molecule has 6 N–H and O–H groups in total. The molecular weight excluding hydrogens is 586 g/mol. The Hall–Kier alpha value is -4.56. The SMILES string of the molecule is CCC(=O)N(N(C1(c2ccc(-c3cnn(C)c3)cn2)CC1)[C@](N)(C(N)=O)[C@@H](C)O)C1(c2ccc(-c3ccc(CO)cc3)nn2)CC1. The molecule has 0 radical (unpaired) electrons. The van der Waals surface area contributed by atoms with Gasteiger partial charge in [-0.15, -0.1) is 0 Å². The lowest BCUT2D eigenvalue weighted by molar-refractivity contribution is -0.213. The average molecular weight is 626 g/mol. The van der Waals surface area contributed by atoms with Crippen LogP contribution < -0.4 is 11.5 Å². The topological polar surface area (TPSA) is 190 Å². The van der Waals surface area contributed by atoms with Crippen LogP contribution >= 0.6 is 0 Å². The van der Waals surface area contributed by atoms with E-state index in [4.69, 9.17) is 16.5 Å². The fraction of sp³-hybridized carbons (Fsp3) is 0.394. The van der Waals surface area contributed by atoms with Gasteiger partial charge in [0.05, 0.1) is 41.5 Å². The molecular formula is C33H39N9O4. The summed E-state index contributed by atoms with van der Waals surface area (Å²) in [5.74, 6) is -1.28. The molecule has 4 aromatic rings. The maximum Gasteiger partial charge on any atom is 0.257 e. The number of rotatable bonds is 12. The van der Waals surface area contributed by atoms with Crippen molar-refractivity contribution in [2.24, 2.45) is 18.5 Å².